The summed E-state index contributed by atoms with van der Waals surface area (Å²) in [4.78, 5) is 27.5. The predicted molar refractivity (Wildman–Crippen MR) is 153 cm³/mol. The molecule has 3 aromatic carbocycles. The van der Waals surface area contributed by atoms with Gasteiger partial charge in [-0.3, -0.25) is 13.9 Å². The van der Waals surface area contributed by atoms with Gasteiger partial charge in [-0.05, 0) is 61.9 Å². The molecule has 7 nitrogen and oxygen atoms in total. The molecule has 0 saturated carbocycles. The Morgan fingerprint density at radius 3 is 2.13 bits per heavy atom. The second-order valence-corrected chi connectivity index (χ2v) is 12.0. The molecule has 1 atom stereocenters. The lowest BCUT2D eigenvalue weighted by Gasteiger charge is -2.32. The van der Waals surface area contributed by atoms with Gasteiger partial charge < -0.3 is 10.2 Å². The fourth-order valence-electron chi connectivity index (χ4n) is 3.65. The minimum absolute atomic E-state index is 0.0233. The molecule has 0 fully saturated rings. The Kier molecular flexibility index (Phi) is 9.95. The van der Waals surface area contributed by atoms with Crippen LogP contribution >= 0.6 is 46.4 Å². The third-order valence-electron chi connectivity index (χ3n) is 5.82. The number of sulfonamides is 1. The zero-order valence-electron chi connectivity index (χ0n) is 20.7. The Hall–Kier alpha value is -2.49. The number of amides is 2. The molecule has 3 aromatic rings. The van der Waals surface area contributed by atoms with Crippen LogP contribution in [0.1, 0.15) is 18.1 Å². The van der Waals surface area contributed by atoms with Gasteiger partial charge in [-0.2, -0.15) is 0 Å². The van der Waals surface area contributed by atoms with Gasteiger partial charge in [0.15, 0.2) is 0 Å². The largest absolute Gasteiger partial charge is 0.357 e. The van der Waals surface area contributed by atoms with Crippen LogP contribution in [0.3, 0.4) is 0 Å². The smallest absolute Gasteiger partial charge is 0.264 e. The summed E-state index contributed by atoms with van der Waals surface area (Å²) in [6, 6.07) is 14.4. The maximum atomic E-state index is 13.8. The minimum atomic E-state index is -4.27. The molecule has 0 spiro atoms. The van der Waals surface area contributed by atoms with Gasteiger partial charge in [0, 0.05) is 18.6 Å². The molecule has 0 aliphatic heterocycles. The van der Waals surface area contributed by atoms with E-state index in [2.05, 4.69) is 5.32 Å². The topological polar surface area (TPSA) is 86.8 Å². The van der Waals surface area contributed by atoms with E-state index in [4.69, 9.17) is 46.4 Å². The summed E-state index contributed by atoms with van der Waals surface area (Å²) in [5.41, 5.74) is 1.48. The molecule has 0 aliphatic rings. The highest BCUT2D eigenvalue weighted by molar-refractivity contribution is 7.92. The van der Waals surface area contributed by atoms with E-state index in [1.807, 2.05) is 6.92 Å². The Labute approximate surface area is 242 Å². The third-order valence-corrected chi connectivity index (χ3v) is 8.88. The van der Waals surface area contributed by atoms with Crippen LogP contribution in [0.5, 0.6) is 0 Å². The first kappa shape index (κ1) is 30.1. The van der Waals surface area contributed by atoms with Crippen molar-refractivity contribution in [2.24, 2.45) is 0 Å². The quantitative estimate of drug-likeness (QED) is 0.321. The van der Waals surface area contributed by atoms with E-state index in [1.54, 1.807) is 37.3 Å². The summed E-state index contributed by atoms with van der Waals surface area (Å²) < 4.78 is 28.5. The lowest BCUT2D eigenvalue weighted by molar-refractivity contribution is -0.139. The van der Waals surface area contributed by atoms with Crippen LogP contribution < -0.4 is 9.62 Å². The summed E-state index contributed by atoms with van der Waals surface area (Å²) in [7, 11) is -2.83. The van der Waals surface area contributed by atoms with Crippen LogP contribution in [0.25, 0.3) is 0 Å². The molecule has 3 rings (SSSR count). The van der Waals surface area contributed by atoms with Gasteiger partial charge >= 0.3 is 0 Å². The van der Waals surface area contributed by atoms with Gasteiger partial charge in [0.25, 0.3) is 10.0 Å². The maximum Gasteiger partial charge on any atom is 0.264 e. The summed E-state index contributed by atoms with van der Waals surface area (Å²) in [6.45, 7) is 2.68. The highest BCUT2D eigenvalue weighted by atomic mass is 35.5. The average molecular weight is 617 g/mol. The van der Waals surface area contributed by atoms with Crippen molar-refractivity contribution < 1.29 is 18.0 Å². The van der Waals surface area contributed by atoms with Crippen molar-refractivity contribution in [1.82, 2.24) is 10.2 Å². The zero-order chi connectivity index (χ0) is 28.2. The first-order valence-corrected chi connectivity index (χ1v) is 14.3. The van der Waals surface area contributed by atoms with Crippen LogP contribution in [-0.2, 0) is 26.2 Å². The van der Waals surface area contributed by atoms with E-state index in [0.717, 1.165) is 9.87 Å². The Morgan fingerprint density at radius 2 is 1.53 bits per heavy atom. The number of hydrogen-bond donors (Lipinski definition) is 1. The Balaban J connectivity index is 2.08. The van der Waals surface area contributed by atoms with Gasteiger partial charge in [0.2, 0.25) is 11.8 Å². The number of carbonyl (C=O) groups excluding carboxylic acids is 2. The van der Waals surface area contributed by atoms with Crippen LogP contribution in [0.4, 0.5) is 5.69 Å². The number of likely N-dealkylation sites (N-methyl/N-ethyl adjacent to an activating group) is 1. The fraction of sp³-hybridized carbons (Fsp3) is 0.231. The Bertz CT molecular complexity index is 1450. The Morgan fingerprint density at radius 1 is 0.895 bits per heavy atom. The predicted octanol–water partition coefficient (Wildman–Crippen LogP) is 5.97. The number of halogens is 4. The van der Waals surface area contributed by atoms with Crippen molar-refractivity contribution in [3.05, 3.63) is 91.9 Å². The summed E-state index contributed by atoms with van der Waals surface area (Å²) >= 11 is 24.7. The monoisotopic (exact) mass is 615 g/mol. The summed E-state index contributed by atoms with van der Waals surface area (Å²) in [5, 5.41) is 3.43. The molecule has 2 amide bonds. The molecular weight excluding hydrogens is 592 g/mol. The van der Waals surface area contributed by atoms with E-state index in [1.165, 1.54) is 42.3 Å². The minimum Gasteiger partial charge on any atom is -0.357 e. The number of nitrogens with zero attached hydrogens (tertiary/aromatic N) is 2. The van der Waals surface area contributed by atoms with E-state index in [-0.39, 0.29) is 32.2 Å². The number of rotatable bonds is 9. The van der Waals surface area contributed by atoms with Gasteiger partial charge in [-0.1, -0.05) is 70.2 Å². The zero-order valence-corrected chi connectivity index (χ0v) is 24.6. The molecule has 0 heterocycles. The number of aryl methyl sites for hydroxylation is 1. The van der Waals surface area contributed by atoms with Gasteiger partial charge in [-0.15, -0.1) is 0 Å². The molecule has 1 N–H and O–H groups in total. The molecule has 0 bridgehead atoms. The standard InChI is InChI=1S/C26H25Cl4N3O4S/c1-16-4-8-20(9-5-16)38(36,37)33(24-13-19(27)7-11-22(24)29)15-25(34)32(17(2)26(35)31-3)14-18-6-10-21(28)23(30)12-18/h4-13,17H,14-15H2,1-3H3,(H,31,35)/t17-/m1/s1. The van der Waals surface area contributed by atoms with Crippen molar-refractivity contribution in [1.29, 1.82) is 0 Å². The molecule has 0 radical (unpaired) electrons. The lowest BCUT2D eigenvalue weighted by atomic mass is 10.1. The van der Waals surface area contributed by atoms with Crippen LogP contribution in [0.2, 0.25) is 20.1 Å². The lowest BCUT2D eigenvalue weighted by Crippen LogP contribution is -2.50. The van der Waals surface area contributed by atoms with Gasteiger partial charge in [0.1, 0.15) is 12.6 Å². The summed E-state index contributed by atoms with van der Waals surface area (Å²) in [6.07, 6.45) is 0. The molecule has 202 valence electrons. The molecular formula is C26H25Cl4N3O4S. The van der Waals surface area contributed by atoms with E-state index >= 15 is 0 Å². The summed E-state index contributed by atoms with van der Waals surface area (Å²) in [5.74, 6) is -1.09. The van der Waals surface area contributed by atoms with E-state index in [9.17, 15) is 18.0 Å². The molecule has 38 heavy (non-hydrogen) atoms. The second kappa shape index (κ2) is 12.6. The second-order valence-electron chi connectivity index (χ2n) is 8.48. The number of hydrogen-bond acceptors (Lipinski definition) is 4. The van der Waals surface area contributed by atoms with Crippen LogP contribution in [0.15, 0.2) is 65.6 Å². The fourth-order valence-corrected chi connectivity index (χ4v) is 5.84. The van der Waals surface area contributed by atoms with E-state index in [0.29, 0.717) is 10.6 Å². The van der Waals surface area contributed by atoms with E-state index < -0.39 is 34.4 Å². The van der Waals surface area contributed by atoms with Crippen LogP contribution in [0, 0.1) is 6.92 Å². The molecule has 0 aliphatic carbocycles. The van der Waals surface area contributed by atoms with Crippen LogP contribution in [-0.4, -0.2) is 44.8 Å². The highest BCUT2D eigenvalue weighted by Gasteiger charge is 2.33. The van der Waals surface area contributed by atoms with Crippen molar-refractivity contribution >= 4 is 73.9 Å². The number of carbonyl (C=O) groups is 2. The number of nitrogens with one attached hydrogen (secondary N) is 1. The highest BCUT2D eigenvalue weighted by Crippen LogP contribution is 2.33. The molecule has 0 unspecified atom stereocenters. The third kappa shape index (κ3) is 6.93. The number of benzene rings is 3. The maximum absolute atomic E-state index is 13.8. The number of anilines is 1. The van der Waals surface area contributed by atoms with Gasteiger partial charge in [0.05, 0.1) is 25.7 Å². The normalized spacial score (nSPS) is 12.1. The first-order valence-electron chi connectivity index (χ1n) is 11.3. The molecule has 0 aromatic heterocycles. The molecule has 12 heteroatoms. The van der Waals surface area contributed by atoms with Crippen molar-refractivity contribution in [2.75, 3.05) is 17.9 Å². The van der Waals surface area contributed by atoms with Gasteiger partial charge in [-0.25, -0.2) is 8.42 Å². The first-order chi connectivity index (χ1) is 17.8. The SMILES string of the molecule is CNC(=O)[C@@H](C)N(Cc1ccc(Cl)c(Cl)c1)C(=O)CN(c1cc(Cl)ccc1Cl)S(=O)(=O)c1ccc(C)cc1. The van der Waals surface area contributed by atoms with Crippen molar-refractivity contribution in [3.8, 4) is 0 Å². The van der Waals surface area contributed by atoms with Crippen molar-refractivity contribution in [2.45, 2.75) is 31.3 Å². The average Bonchev–Trinajstić information content (AvgIpc) is 2.88. The van der Waals surface area contributed by atoms with Crippen molar-refractivity contribution in [3.63, 3.8) is 0 Å². The molecule has 0 saturated heterocycles.